The van der Waals surface area contributed by atoms with Crippen LogP contribution in [-0.2, 0) is 11.3 Å². The Balaban J connectivity index is 1.50. The summed E-state index contributed by atoms with van der Waals surface area (Å²) < 4.78 is 13.7. The van der Waals surface area contributed by atoms with E-state index in [0.29, 0.717) is 19.6 Å². The number of benzene rings is 2. The molecule has 34 heavy (non-hydrogen) atoms. The van der Waals surface area contributed by atoms with Crippen molar-refractivity contribution in [2.75, 3.05) is 6.61 Å². The van der Waals surface area contributed by atoms with Crippen molar-refractivity contribution in [3.8, 4) is 28.5 Å². The van der Waals surface area contributed by atoms with Gasteiger partial charge in [-0.25, -0.2) is 4.98 Å². The topological polar surface area (TPSA) is 77.5 Å². The zero-order valence-electron chi connectivity index (χ0n) is 19.4. The maximum atomic E-state index is 10.8. The van der Waals surface area contributed by atoms with Gasteiger partial charge in [-0.3, -0.25) is 4.79 Å². The second-order valence-electron chi connectivity index (χ2n) is 8.23. The molecule has 1 N–H and O–H groups in total. The Morgan fingerprint density at radius 2 is 1.82 bits per heavy atom. The minimum absolute atomic E-state index is 0.129. The number of aryl methyl sites for hydroxylation is 1. The molecule has 0 saturated carbocycles. The Bertz CT molecular complexity index is 1270. The Labute approximate surface area is 199 Å². The highest BCUT2D eigenvalue weighted by atomic mass is 16.5. The summed E-state index contributed by atoms with van der Waals surface area (Å²) in [5.74, 6) is 1.74. The van der Waals surface area contributed by atoms with Gasteiger partial charge in [0.2, 0.25) is 0 Å². The maximum Gasteiger partial charge on any atom is 0.303 e. The van der Waals surface area contributed by atoms with E-state index in [1.165, 1.54) is 0 Å². The number of allylic oxidation sites excluding steroid dienone is 1. The number of ether oxygens (including phenoxy) is 1. The van der Waals surface area contributed by atoms with Gasteiger partial charge in [0, 0.05) is 35.0 Å². The van der Waals surface area contributed by atoms with E-state index in [9.17, 15) is 4.79 Å². The smallest absolute Gasteiger partial charge is 0.303 e. The predicted molar refractivity (Wildman–Crippen MR) is 132 cm³/mol. The van der Waals surface area contributed by atoms with Crippen molar-refractivity contribution < 1.29 is 19.1 Å². The molecule has 4 aromatic rings. The summed E-state index contributed by atoms with van der Waals surface area (Å²) in [4.78, 5) is 15.4. The Morgan fingerprint density at radius 3 is 2.56 bits per heavy atom. The maximum absolute atomic E-state index is 10.8. The first-order chi connectivity index (χ1) is 16.5. The molecule has 2 heterocycles. The number of furan rings is 1. The van der Waals surface area contributed by atoms with Gasteiger partial charge in [-0.2, -0.15) is 0 Å². The van der Waals surface area contributed by atoms with Crippen LogP contribution in [0.15, 0.2) is 89.2 Å². The zero-order chi connectivity index (χ0) is 23.9. The summed E-state index contributed by atoms with van der Waals surface area (Å²) >= 11 is 0. The van der Waals surface area contributed by atoms with Crippen LogP contribution >= 0.6 is 0 Å². The molecule has 0 aliphatic carbocycles. The van der Waals surface area contributed by atoms with Crippen LogP contribution in [0.3, 0.4) is 0 Å². The number of carboxylic acids is 1. The van der Waals surface area contributed by atoms with Gasteiger partial charge in [0.25, 0.3) is 0 Å². The number of carboxylic acid groups (broad SMARTS) is 1. The van der Waals surface area contributed by atoms with Crippen LogP contribution in [0.2, 0.25) is 0 Å². The second-order valence-corrected chi connectivity index (χ2v) is 8.23. The Hall–Kier alpha value is -4.06. The Kier molecular flexibility index (Phi) is 7.28. The number of aliphatic carboxylic acids is 1. The molecule has 0 radical (unpaired) electrons. The van der Waals surface area contributed by atoms with Crippen molar-refractivity contribution in [1.82, 2.24) is 9.55 Å². The SMILES string of the molecule is CC(=CCOc1ccccc1Cn1c(C)cnc1-c1ccc(-c2ccco2)cc1)CCC(=O)O. The average molecular weight is 457 g/mol. The van der Waals surface area contributed by atoms with Gasteiger partial charge in [-0.1, -0.05) is 48.0 Å². The minimum atomic E-state index is -0.791. The number of para-hydroxylation sites is 1. The first-order valence-corrected chi connectivity index (χ1v) is 11.3. The lowest BCUT2D eigenvalue weighted by molar-refractivity contribution is -0.136. The molecule has 0 amide bonds. The van der Waals surface area contributed by atoms with Crippen LogP contribution in [0.5, 0.6) is 5.75 Å². The summed E-state index contributed by atoms with van der Waals surface area (Å²) in [5, 5.41) is 8.84. The summed E-state index contributed by atoms with van der Waals surface area (Å²) in [6, 6.07) is 20.0. The average Bonchev–Trinajstić information content (AvgIpc) is 3.50. The van der Waals surface area contributed by atoms with Crippen molar-refractivity contribution in [1.29, 1.82) is 0 Å². The lowest BCUT2D eigenvalue weighted by atomic mass is 10.1. The van der Waals surface area contributed by atoms with Gasteiger partial charge < -0.3 is 18.8 Å². The molecule has 0 fully saturated rings. The molecule has 0 aliphatic rings. The number of aromatic nitrogens is 2. The molecule has 0 saturated heterocycles. The molecule has 6 nitrogen and oxygen atoms in total. The minimum Gasteiger partial charge on any atom is -0.489 e. The molecule has 2 aromatic heterocycles. The quantitative estimate of drug-likeness (QED) is 0.281. The third kappa shape index (κ3) is 5.64. The lowest BCUT2D eigenvalue weighted by Crippen LogP contribution is -2.07. The molecule has 0 atom stereocenters. The lowest BCUT2D eigenvalue weighted by Gasteiger charge is -2.14. The van der Waals surface area contributed by atoms with E-state index in [4.69, 9.17) is 14.3 Å². The fourth-order valence-corrected chi connectivity index (χ4v) is 3.74. The highest BCUT2D eigenvalue weighted by Crippen LogP contribution is 2.27. The number of imidazole rings is 1. The third-order valence-corrected chi connectivity index (χ3v) is 5.71. The van der Waals surface area contributed by atoms with Crippen molar-refractivity contribution in [2.45, 2.75) is 33.2 Å². The highest BCUT2D eigenvalue weighted by Gasteiger charge is 2.13. The number of nitrogens with zero attached hydrogens (tertiary/aromatic N) is 2. The van der Waals surface area contributed by atoms with Gasteiger partial charge in [0.15, 0.2) is 0 Å². The van der Waals surface area contributed by atoms with Gasteiger partial charge >= 0.3 is 5.97 Å². The van der Waals surface area contributed by atoms with Crippen LogP contribution in [0.4, 0.5) is 0 Å². The van der Waals surface area contributed by atoms with Crippen molar-refractivity contribution in [3.05, 3.63) is 96.0 Å². The van der Waals surface area contributed by atoms with Crippen molar-refractivity contribution in [2.24, 2.45) is 0 Å². The molecule has 4 rings (SSSR count). The molecule has 0 unspecified atom stereocenters. The molecule has 174 valence electrons. The molecule has 2 aromatic carbocycles. The van der Waals surface area contributed by atoms with Gasteiger partial charge in [0.1, 0.15) is 23.9 Å². The van der Waals surface area contributed by atoms with E-state index in [-0.39, 0.29) is 6.42 Å². The summed E-state index contributed by atoms with van der Waals surface area (Å²) in [5.41, 5.74) is 5.16. The molecule has 0 bridgehead atoms. The highest BCUT2D eigenvalue weighted by molar-refractivity contribution is 5.67. The zero-order valence-corrected chi connectivity index (χ0v) is 19.4. The van der Waals surface area contributed by atoms with Gasteiger partial charge in [-0.05, 0) is 44.5 Å². The number of hydrogen-bond acceptors (Lipinski definition) is 4. The van der Waals surface area contributed by atoms with Crippen LogP contribution in [0.25, 0.3) is 22.7 Å². The van der Waals surface area contributed by atoms with E-state index in [2.05, 4.69) is 27.8 Å². The van der Waals surface area contributed by atoms with E-state index in [1.54, 1.807) is 6.26 Å². The fraction of sp³-hybridized carbons (Fsp3) is 0.214. The number of hydrogen-bond donors (Lipinski definition) is 1. The summed E-state index contributed by atoms with van der Waals surface area (Å²) in [6.07, 6.45) is 6.15. The fourth-order valence-electron chi connectivity index (χ4n) is 3.74. The van der Waals surface area contributed by atoms with Crippen LogP contribution < -0.4 is 4.74 Å². The molecule has 6 heteroatoms. The van der Waals surface area contributed by atoms with E-state index < -0.39 is 5.97 Å². The predicted octanol–water partition coefficient (Wildman–Crippen LogP) is 6.36. The second kappa shape index (κ2) is 10.7. The number of carbonyl (C=O) groups is 1. The standard InChI is InChI=1S/C28H28N2O4/c1-20(9-14-27(31)32)15-17-34-26-7-4-3-6-24(26)19-30-21(2)18-29-28(30)23-12-10-22(11-13-23)25-8-5-16-33-25/h3-8,10-13,15-16,18H,9,14,17,19H2,1-2H3,(H,31,32). The normalized spacial score (nSPS) is 11.5. The molecule has 0 aliphatic heterocycles. The van der Waals surface area contributed by atoms with E-state index >= 15 is 0 Å². The van der Waals surface area contributed by atoms with Crippen molar-refractivity contribution in [3.63, 3.8) is 0 Å². The van der Waals surface area contributed by atoms with Gasteiger partial charge in [0.05, 0.1) is 12.8 Å². The third-order valence-electron chi connectivity index (χ3n) is 5.71. The van der Waals surface area contributed by atoms with E-state index in [0.717, 1.165) is 45.3 Å². The molecule has 0 spiro atoms. The van der Waals surface area contributed by atoms with Crippen LogP contribution in [0.1, 0.15) is 31.0 Å². The largest absolute Gasteiger partial charge is 0.489 e. The van der Waals surface area contributed by atoms with Gasteiger partial charge in [-0.15, -0.1) is 0 Å². The van der Waals surface area contributed by atoms with Crippen LogP contribution in [-0.4, -0.2) is 27.2 Å². The number of rotatable bonds is 10. The molecular formula is C28H28N2O4. The Morgan fingerprint density at radius 1 is 1.06 bits per heavy atom. The first-order valence-electron chi connectivity index (χ1n) is 11.3. The van der Waals surface area contributed by atoms with E-state index in [1.807, 2.05) is 68.6 Å². The summed E-state index contributed by atoms with van der Waals surface area (Å²) in [6.45, 7) is 4.99. The first kappa shape index (κ1) is 23.1. The van der Waals surface area contributed by atoms with Crippen LogP contribution in [0, 0.1) is 6.92 Å². The molecular weight excluding hydrogens is 428 g/mol. The van der Waals surface area contributed by atoms with Crippen molar-refractivity contribution >= 4 is 5.97 Å². The summed E-state index contributed by atoms with van der Waals surface area (Å²) in [7, 11) is 0. The monoisotopic (exact) mass is 456 g/mol.